The first-order chi connectivity index (χ1) is 13.8. The van der Waals surface area contributed by atoms with E-state index in [2.05, 4.69) is 16.3 Å². The van der Waals surface area contributed by atoms with Crippen molar-refractivity contribution in [1.29, 1.82) is 5.26 Å². The third-order valence-corrected chi connectivity index (χ3v) is 4.85. The number of nitriles is 1. The molecule has 0 atom stereocenters. The minimum absolute atomic E-state index is 0.112. The second-order valence-electron chi connectivity index (χ2n) is 6.87. The van der Waals surface area contributed by atoms with Crippen LogP contribution in [0.5, 0.6) is 0 Å². The maximum absolute atomic E-state index is 12.8. The summed E-state index contributed by atoms with van der Waals surface area (Å²) in [6, 6.07) is 10.7. The lowest BCUT2D eigenvalue weighted by molar-refractivity contribution is -0.138. The lowest BCUT2D eigenvalue weighted by Crippen LogP contribution is -2.46. The molecule has 0 saturated carbocycles. The van der Waals surface area contributed by atoms with Gasteiger partial charge in [-0.05, 0) is 43.2 Å². The predicted molar refractivity (Wildman–Crippen MR) is 100 cm³/mol. The average molecular weight is 404 g/mol. The highest BCUT2D eigenvalue weighted by molar-refractivity contribution is 5.76. The summed E-state index contributed by atoms with van der Waals surface area (Å²) in [5.74, 6) is -0.497. The number of rotatable bonds is 4. The number of hydrogen-bond donors (Lipinski definition) is 1. The second kappa shape index (κ2) is 8.39. The number of nitrogens with one attached hydrogen (secondary N) is 1. The summed E-state index contributed by atoms with van der Waals surface area (Å²) < 4.78 is 39.1. The molecule has 6 nitrogen and oxygen atoms in total. The van der Waals surface area contributed by atoms with Crippen molar-refractivity contribution in [2.45, 2.75) is 31.6 Å². The number of amides is 1. The van der Waals surface area contributed by atoms with Crippen molar-refractivity contribution in [3.8, 4) is 6.07 Å². The highest BCUT2D eigenvalue weighted by atomic mass is 19.4. The van der Waals surface area contributed by atoms with E-state index in [1.807, 2.05) is 12.1 Å². The number of carbonyl (C=O) groups is 1. The van der Waals surface area contributed by atoms with Gasteiger partial charge in [0.2, 0.25) is 5.91 Å². The number of hydrogen-bond acceptors (Lipinski definition) is 4. The van der Waals surface area contributed by atoms with Gasteiger partial charge in [-0.2, -0.15) is 18.4 Å². The number of piperidine rings is 1. The van der Waals surface area contributed by atoms with Crippen LogP contribution in [0.3, 0.4) is 0 Å². The van der Waals surface area contributed by atoms with Crippen LogP contribution in [0.1, 0.15) is 24.0 Å². The van der Waals surface area contributed by atoms with Crippen molar-refractivity contribution in [3.63, 3.8) is 0 Å². The van der Waals surface area contributed by atoms with E-state index in [0.29, 0.717) is 43.8 Å². The molecule has 0 radical (unpaired) electrons. The van der Waals surface area contributed by atoms with Crippen LogP contribution in [0.2, 0.25) is 0 Å². The largest absolute Gasteiger partial charge is 0.417 e. The Bertz CT molecular complexity index is 969. The fourth-order valence-corrected chi connectivity index (χ4v) is 3.28. The lowest BCUT2D eigenvalue weighted by atomic mass is 10.0. The summed E-state index contributed by atoms with van der Waals surface area (Å²) in [5.41, 5.74) is -0.0607. The summed E-state index contributed by atoms with van der Waals surface area (Å²) in [5, 5.41) is 11.6. The van der Waals surface area contributed by atoms with E-state index in [-0.39, 0.29) is 6.04 Å². The molecule has 0 unspecified atom stereocenters. The summed E-state index contributed by atoms with van der Waals surface area (Å²) >= 11 is 0. The number of carbonyl (C=O) groups excluding carboxylic acids is 1. The Kier molecular flexibility index (Phi) is 5.92. The molecule has 0 spiro atoms. The molecular formula is C20H19F3N4O2. The molecule has 0 aliphatic carbocycles. The lowest BCUT2D eigenvalue weighted by Gasteiger charge is -2.34. The van der Waals surface area contributed by atoms with Crippen LogP contribution in [0.4, 0.5) is 18.9 Å². The molecule has 1 aromatic heterocycles. The van der Waals surface area contributed by atoms with Crippen molar-refractivity contribution < 1.29 is 18.0 Å². The molecule has 1 amide bonds. The Morgan fingerprint density at radius 1 is 1.14 bits per heavy atom. The number of halogens is 3. The van der Waals surface area contributed by atoms with Crippen LogP contribution in [-0.2, 0) is 17.5 Å². The summed E-state index contributed by atoms with van der Waals surface area (Å²) in [7, 11) is 0. The number of nitrogens with zero attached hydrogens (tertiary/aromatic N) is 3. The van der Waals surface area contributed by atoms with Gasteiger partial charge in [0.05, 0.1) is 17.2 Å². The van der Waals surface area contributed by atoms with Gasteiger partial charge < -0.3 is 14.8 Å². The Balaban J connectivity index is 1.55. The number of anilines is 1. The van der Waals surface area contributed by atoms with Crippen LogP contribution in [0, 0.1) is 11.3 Å². The molecule has 1 aliphatic rings. The van der Waals surface area contributed by atoms with Gasteiger partial charge in [0.25, 0.3) is 5.56 Å². The predicted octanol–water partition coefficient (Wildman–Crippen LogP) is 2.52. The number of pyridine rings is 1. The molecule has 0 bridgehead atoms. The average Bonchev–Trinajstić information content (AvgIpc) is 2.69. The zero-order chi connectivity index (χ0) is 21.0. The minimum atomic E-state index is -4.58. The molecule has 29 heavy (non-hydrogen) atoms. The number of aromatic nitrogens is 1. The van der Waals surface area contributed by atoms with Crippen molar-refractivity contribution >= 4 is 11.6 Å². The van der Waals surface area contributed by atoms with Gasteiger partial charge in [0.15, 0.2) is 0 Å². The molecule has 2 aromatic rings. The number of alkyl halides is 3. The van der Waals surface area contributed by atoms with Crippen molar-refractivity contribution in [2.75, 3.05) is 18.0 Å². The molecule has 1 fully saturated rings. The normalized spacial score (nSPS) is 15.0. The van der Waals surface area contributed by atoms with Gasteiger partial charge in [-0.25, -0.2) is 0 Å². The van der Waals surface area contributed by atoms with E-state index >= 15 is 0 Å². The van der Waals surface area contributed by atoms with Gasteiger partial charge in [0.1, 0.15) is 6.54 Å². The zero-order valence-electron chi connectivity index (χ0n) is 15.4. The first-order valence-corrected chi connectivity index (χ1v) is 9.08. The molecule has 2 heterocycles. The molecule has 1 saturated heterocycles. The molecule has 1 N–H and O–H groups in total. The van der Waals surface area contributed by atoms with Gasteiger partial charge in [0, 0.05) is 37.1 Å². The molecule has 1 aliphatic heterocycles. The minimum Gasteiger partial charge on any atom is -0.371 e. The smallest absolute Gasteiger partial charge is 0.371 e. The SMILES string of the molecule is N#Cc1ccc(N2CCC(NC(=O)Cn3cc(C(F)(F)F)ccc3=O)CC2)cc1. The first-order valence-electron chi connectivity index (χ1n) is 9.08. The highest BCUT2D eigenvalue weighted by Crippen LogP contribution is 2.28. The maximum atomic E-state index is 12.8. The summed E-state index contributed by atoms with van der Waals surface area (Å²) in [6.07, 6.45) is -2.58. The Morgan fingerprint density at radius 3 is 2.38 bits per heavy atom. The monoisotopic (exact) mass is 404 g/mol. The molecule has 3 rings (SSSR count). The van der Waals surface area contributed by atoms with E-state index in [1.54, 1.807) is 12.1 Å². The second-order valence-corrected chi connectivity index (χ2v) is 6.87. The van der Waals surface area contributed by atoms with E-state index in [4.69, 9.17) is 5.26 Å². The van der Waals surface area contributed by atoms with E-state index in [0.717, 1.165) is 16.3 Å². The molecule has 9 heteroatoms. The van der Waals surface area contributed by atoms with Crippen molar-refractivity contribution in [3.05, 3.63) is 64.1 Å². The van der Waals surface area contributed by atoms with Gasteiger partial charge in [-0.3, -0.25) is 9.59 Å². The zero-order valence-corrected chi connectivity index (χ0v) is 15.4. The Morgan fingerprint density at radius 2 is 1.79 bits per heavy atom. The number of benzene rings is 1. The van der Waals surface area contributed by atoms with Crippen LogP contribution in [0.25, 0.3) is 0 Å². The van der Waals surface area contributed by atoms with Gasteiger partial charge >= 0.3 is 6.18 Å². The van der Waals surface area contributed by atoms with E-state index < -0.39 is 29.8 Å². The van der Waals surface area contributed by atoms with Gasteiger partial charge in [-0.15, -0.1) is 0 Å². The maximum Gasteiger partial charge on any atom is 0.417 e. The molecule has 1 aromatic carbocycles. The summed E-state index contributed by atoms with van der Waals surface area (Å²) in [4.78, 5) is 26.1. The van der Waals surface area contributed by atoms with Crippen molar-refractivity contribution in [1.82, 2.24) is 9.88 Å². The van der Waals surface area contributed by atoms with Crippen LogP contribution in [0.15, 0.2) is 47.4 Å². The molecular weight excluding hydrogens is 385 g/mol. The Labute approximate surface area is 165 Å². The quantitative estimate of drug-likeness (QED) is 0.850. The molecule has 152 valence electrons. The Hall–Kier alpha value is -3.28. The summed E-state index contributed by atoms with van der Waals surface area (Å²) in [6.45, 7) is 0.930. The van der Waals surface area contributed by atoms with Crippen LogP contribution in [-0.4, -0.2) is 29.6 Å². The standard InChI is InChI=1S/C20H19F3N4O2/c21-20(22,23)15-3-6-19(29)27(12-15)13-18(28)25-16-7-9-26(10-8-16)17-4-1-14(11-24)2-5-17/h1-6,12,16H,7-10,13H2,(H,25,28). The van der Waals surface area contributed by atoms with Crippen LogP contribution >= 0.6 is 0 Å². The third kappa shape index (κ3) is 5.16. The van der Waals surface area contributed by atoms with Gasteiger partial charge in [-0.1, -0.05) is 0 Å². The fraction of sp³-hybridized carbons (Fsp3) is 0.350. The topological polar surface area (TPSA) is 78.1 Å². The van der Waals surface area contributed by atoms with E-state index in [9.17, 15) is 22.8 Å². The highest BCUT2D eigenvalue weighted by Gasteiger charge is 2.31. The third-order valence-electron chi connectivity index (χ3n) is 4.85. The van der Waals surface area contributed by atoms with E-state index in [1.165, 1.54) is 0 Å². The van der Waals surface area contributed by atoms with Crippen LogP contribution < -0.4 is 15.8 Å². The first kappa shape index (κ1) is 20.5. The van der Waals surface area contributed by atoms with Crippen molar-refractivity contribution in [2.24, 2.45) is 0 Å². The fourth-order valence-electron chi connectivity index (χ4n) is 3.28.